The highest BCUT2D eigenvalue weighted by Gasteiger charge is 2.46. The van der Waals surface area contributed by atoms with Crippen molar-refractivity contribution in [3.05, 3.63) is 34.9 Å². The number of hydrogen-bond donors (Lipinski definition) is 0. The van der Waals surface area contributed by atoms with Crippen LogP contribution in [0.4, 0.5) is 0 Å². The van der Waals surface area contributed by atoms with Crippen LogP contribution in [0.25, 0.3) is 0 Å². The molecule has 1 aliphatic rings. The summed E-state index contributed by atoms with van der Waals surface area (Å²) in [5, 5.41) is 0.597. The van der Waals surface area contributed by atoms with Crippen molar-refractivity contribution in [2.75, 3.05) is 0 Å². The predicted octanol–water partition coefficient (Wildman–Crippen LogP) is 2.07. The number of carbonyl (C=O) groups is 2. The molecule has 15 heavy (non-hydrogen) atoms. The molecule has 0 radical (unpaired) electrons. The van der Waals surface area contributed by atoms with E-state index in [1.54, 1.807) is 31.2 Å². The number of cyclic esters (lactones) is 2. The van der Waals surface area contributed by atoms with Gasteiger partial charge in [-0.25, -0.2) is 0 Å². The third-order valence-electron chi connectivity index (χ3n) is 2.64. The molecule has 0 spiro atoms. The molecule has 3 nitrogen and oxygen atoms in total. The average molecular weight is 225 g/mol. The zero-order chi connectivity index (χ0) is 11.1. The SMILES string of the molecule is C[C@]1(c2ccc(Cl)cc2)CC(=O)OC1=O. The smallest absolute Gasteiger partial charge is 0.324 e. The van der Waals surface area contributed by atoms with Crippen LogP contribution in [0.5, 0.6) is 0 Å². The first-order chi connectivity index (χ1) is 7.02. The molecule has 0 unspecified atom stereocenters. The van der Waals surface area contributed by atoms with Crippen LogP contribution in [0.3, 0.4) is 0 Å². The number of carbonyl (C=O) groups excluding carboxylic acids is 2. The zero-order valence-corrected chi connectivity index (χ0v) is 8.88. The first kappa shape index (κ1) is 10.2. The van der Waals surface area contributed by atoms with Gasteiger partial charge in [-0.2, -0.15) is 0 Å². The van der Waals surface area contributed by atoms with Crippen molar-refractivity contribution >= 4 is 23.5 Å². The van der Waals surface area contributed by atoms with Crippen LogP contribution in [0.2, 0.25) is 5.02 Å². The Bertz CT molecular complexity index is 424. The van der Waals surface area contributed by atoms with Gasteiger partial charge in [0.05, 0.1) is 6.42 Å². The third kappa shape index (κ3) is 1.63. The number of rotatable bonds is 1. The molecule has 0 saturated carbocycles. The monoisotopic (exact) mass is 224 g/mol. The number of ether oxygens (including phenoxy) is 1. The minimum atomic E-state index is -0.859. The quantitative estimate of drug-likeness (QED) is 0.542. The Labute approximate surface area is 92.0 Å². The summed E-state index contributed by atoms with van der Waals surface area (Å²) in [7, 11) is 0. The van der Waals surface area contributed by atoms with E-state index in [2.05, 4.69) is 4.74 Å². The molecule has 0 aromatic heterocycles. The van der Waals surface area contributed by atoms with Crippen LogP contribution >= 0.6 is 11.6 Å². The molecule has 0 N–H and O–H groups in total. The highest BCUT2D eigenvalue weighted by molar-refractivity contribution is 6.30. The van der Waals surface area contributed by atoms with Crippen LogP contribution in [0.15, 0.2) is 24.3 Å². The van der Waals surface area contributed by atoms with Gasteiger partial charge >= 0.3 is 11.9 Å². The molecular formula is C11H9ClO3. The highest BCUT2D eigenvalue weighted by atomic mass is 35.5. The Hall–Kier alpha value is -1.35. The summed E-state index contributed by atoms with van der Waals surface area (Å²) in [4.78, 5) is 22.6. The van der Waals surface area contributed by atoms with Gasteiger partial charge in [0.15, 0.2) is 0 Å². The summed E-state index contributed by atoms with van der Waals surface area (Å²) in [6.07, 6.45) is 0.0907. The van der Waals surface area contributed by atoms with Gasteiger partial charge in [-0.15, -0.1) is 0 Å². The first-order valence-electron chi connectivity index (χ1n) is 4.53. The summed E-state index contributed by atoms with van der Waals surface area (Å²) in [6.45, 7) is 1.70. The van der Waals surface area contributed by atoms with Gasteiger partial charge in [-0.3, -0.25) is 9.59 Å². The molecule has 1 aliphatic heterocycles. The molecule has 78 valence electrons. The van der Waals surface area contributed by atoms with Crippen LogP contribution in [0.1, 0.15) is 18.9 Å². The van der Waals surface area contributed by atoms with Crippen molar-refractivity contribution in [3.8, 4) is 0 Å². The molecule has 2 rings (SSSR count). The van der Waals surface area contributed by atoms with Gasteiger partial charge in [0.1, 0.15) is 5.41 Å². The molecule has 1 fully saturated rings. The highest BCUT2D eigenvalue weighted by Crippen LogP contribution is 2.34. The standard InChI is InChI=1S/C11H9ClO3/c1-11(6-9(13)15-10(11)14)7-2-4-8(12)5-3-7/h2-5H,6H2,1H3/t11-/m1/s1. The van der Waals surface area contributed by atoms with Crippen molar-refractivity contribution < 1.29 is 14.3 Å². The van der Waals surface area contributed by atoms with Gasteiger partial charge < -0.3 is 4.74 Å². The fourth-order valence-electron chi connectivity index (χ4n) is 1.65. The van der Waals surface area contributed by atoms with Crippen molar-refractivity contribution in [3.63, 3.8) is 0 Å². The Kier molecular flexibility index (Phi) is 2.27. The van der Waals surface area contributed by atoms with Gasteiger partial charge in [0.2, 0.25) is 0 Å². The van der Waals surface area contributed by atoms with Crippen LogP contribution in [-0.2, 0) is 19.7 Å². The minimum Gasteiger partial charge on any atom is -0.392 e. The van der Waals surface area contributed by atoms with E-state index >= 15 is 0 Å². The van der Waals surface area contributed by atoms with Crippen molar-refractivity contribution in [1.82, 2.24) is 0 Å². The summed E-state index contributed by atoms with van der Waals surface area (Å²) in [5.74, 6) is -0.965. The zero-order valence-electron chi connectivity index (χ0n) is 8.12. The maximum Gasteiger partial charge on any atom is 0.324 e. The molecule has 0 bridgehead atoms. The summed E-state index contributed by atoms with van der Waals surface area (Å²) in [6, 6.07) is 6.86. The van der Waals surface area contributed by atoms with Crippen molar-refractivity contribution in [1.29, 1.82) is 0 Å². The molecule has 4 heteroatoms. The van der Waals surface area contributed by atoms with E-state index in [1.807, 2.05) is 0 Å². The Balaban J connectivity index is 2.41. The Morgan fingerprint density at radius 3 is 2.33 bits per heavy atom. The molecule has 0 amide bonds. The lowest BCUT2D eigenvalue weighted by atomic mass is 9.81. The third-order valence-corrected chi connectivity index (χ3v) is 2.89. The van der Waals surface area contributed by atoms with E-state index in [9.17, 15) is 9.59 Å². The summed E-state index contributed by atoms with van der Waals surface area (Å²) in [5.41, 5.74) is -0.107. The molecule has 1 aromatic carbocycles. The summed E-state index contributed by atoms with van der Waals surface area (Å²) >= 11 is 5.75. The second-order valence-electron chi connectivity index (χ2n) is 3.78. The predicted molar refractivity (Wildman–Crippen MR) is 54.5 cm³/mol. The fourth-order valence-corrected chi connectivity index (χ4v) is 1.78. The maximum absolute atomic E-state index is 11.5. The Morgan fingerprint density at radius 2 is 1.87 bits per heavy atom. The lowest BCUT2D eigenvalue weighted by Gasteiger charge is -2.17. The van der Waals surface area contributed by atoms with Gasteiger partial charge in [0.25, 0.3) is 0 Å². The summed E-state index contributed by atoms with van der Waals surface area (Å²) < 4.78 is 4.55. The van der Waals surface area contributed by atoms with E-state index in [-0.39, 0.29) is 6.42 Å². The fraction of sp³-hybridized carbons (Fsp3) is 0.273. The minimum absolute atomic E-state index is 0.0907. The van der Waals surface area contributed by atoms with Crippen LogP contribution in [-0.4, -0.2) is 11.9 Å². The molecule has 1 heterocycles. The molecular weight excluding hydrogens is 216 g/mol. The normalized spacial score (nSPS) is 25.5. The molecule has 1 saturated heterocycles. The van der Waals surface area contributed by atoms with Gasteiger partial charge in [-0.1, -0.05) is 23.7 Å². The lowest BCUT2D eigenvalue weighted by molar-refractivity contribution is -0.153. The molecule has 0 aliphatic carbocycles. The van der Waals surface area contributed by atoms with E-state index in [0.717, 1.165) is 5.56 Å². The van der Waals surface area contributed by atoms with Crippen molar-refractivity contribution in [2.45, 2.75) is 18.8 Å². The van der Waals surface area contributed by atoms with Crippen LogP contribution in [0, 0.1) is 0 Å². The molecule has 1 aromatic rings. The largest absolute Gasteiger partial charge is 0.392 e. The number of halogens is 1. The van der Waals surface area contributed by atoms with E-state index < -0.39 is 17.4 Å². The maximum atomic E-state index is 11.5. The second-order valence-corrected chi connectivity index (χ2v) is 4.21. The van der Waals surface area contributed by atoms with E-state index in [1.165, 1.54) is 0 Å². The van der Waals surface area contributed by atoms with Gasteiger partial charge in [0, 0.05) is 5.02 Å². The Morgan fingerprint density at radius 1 is 1.27 bits per heavy atom. The number of esters is 2. The number of hydrogen-bond acceptors (Lipinski definition) is 3. The van der Waals surface area contributed by atoms with Gasteiger partial charge in [-0.05, 0) is 24.6 Å². The number of benzene rings is 1. The average Bonchev–Trinajstić information content (AvgIpc) is 2.42. The molecule has 1 atom stereocenters. The van der Waals surface area contributed by atoms with E-state index in [0.29, 0.717) is 5.02 Å². The second kappa shape index (κ2) is 3.35. The van der Waals surface area contributed by atoms with Crippen molar-refractivity contribution in [2.24, 2.45) is 0 Å². The first-order valence-corrected chi connectivity index (χ1v) is 4.91. The lowest BCUT2D eigenvalue weighted by Crippen LogP contribution is -2.27. The van der Waals surface area contributed by atoms with E-state index in [4.69, 9.17) is 11.6 Å². The topological polar surface area (TPSA) is 43.4 Å². The van der Waals surface area contributed by atoms with Crippen LogP contribution < -0.4 is 0 Å².